The molecule has 0 atom stereocenters. The van der Waals surface area contributed by atoms with Gasteiger partial charge in [-0.3, -0.25) is 14.2 Å². The Morgan fingerprint density at radius 1 is 1.24 bits per heavy atom. The van der Waals surface area contributed by atoms with Crippen LogP contribution in [0.2, 0.25) is 5.02 Å². The SMILES string of the molecule is Cc1c(Cl)cccc1NC(=O)CSc1nc2ccccc2c(=O)n1C. The van der Waals surface area contributed by atoms with E-state index in [1.807, 2.05) is 13.0 Å². The van der Waals surface area contributed by atoms with Gasteiger partial charge < -0.3 is 5.32 Å². The minimum atomic E-state index is -0.183. The zero-order valence-corrected chi connectivity index (χ0v) is 15.3. The molecule has 7 heteroatoms. The number of para-hydroxylation sites is 1. The number of rotatable bonds is 4. The van der Waals surface area contributed by atoms with Crippen LogP contribution in [0.15, 0.2) is 52.4 Å². The molecular weight excluding hydrogens is 358 g/mol. The minimum Gasteiger partial charge on any atom is -0.325 e. The molecule has 0 aliphatic rings. The van der Waals surface area contributed by atoms with E-state index in [0.29, 0.717) is 26.8 Å². The third-order valence-corrected chi connectivity index (χ3v) is 5.26. The molecule has 1 N–H and O–H groups in total. The fourth-order valence-electron chi connectivity index (χ4n) is 2.39. The quantitative estimate of drug-likeness (QED) is 0.560. The van der Waals surface area contributed by atoms with Crippen LogP contribution >= 0.6 is 23.4 Å². The third kappa shape index (κ3) is 3.70. The Morgan fingerprint density at radius 3 is 2.80 bits per heavy atom. The number of benzene rings is 2. The summed E-state index contributed by atoms with van der Waals surface area (Å²) >= 11 is 7.28. The van der Waals surface area contributed by atoms with Crippen molar-refractivity contribution in [2.45, 2.75) is 12.1 Å². The maximum Gasteiger partial charge on any atom is 0.261 e. The van der Waals surface area contributed by atoms with Crippen LogP contribution in [0.1, 0.15) is 5.56 Å². The van der Waals surface area contributed by atoms with Crippen LogP contribution < -0.4 is 10.9 Å². The van der Waals surface area contributed by atoms with Gasteiger partial charge in [-0.25, -0.2) is 4.98 Å². The number of carbonyl (C=O) groups is 1. The van der Waals surface area contributed by atoms with Gasteiger partial charge in [-0.15, -0.1) is 0 Å². The summed E-state index contributed by atoms with van der Waals surface area (Å²) in [4.78, 5) is 29.1. The van der Waals surface area contributed by atoms with Gasteiger partial charge in [-0.05, 0) is 36.8 Å². The van der Waals surface area contributed by atoms with E-state index in [1.165, 1.54) is 16.3 Å². The summed E-state index contributed by atoms with van der Waals surface area (Å²) in [5.41, 5.74) is 2.00. The molecule has 5 nitrogen and oxygen atoms in total. The first-order valence-electron chi connectivity index (χ1n) is 7.61. The number of anilines is 1. The van der Waals surface area contributed by atoms with Crippen LogP contribution in [0.4, 0.5) is 5.69 Å². The molecule has 0 spiro atoms. The van der Waals surface area contributed by atoms with Gasteiger partial charge in [0, 0.05) is 17.8 Å². The van der Waals surface area contributed by atoms with Crippen molar-refractivity contribution in [3.8, 4) is 0 Å². The van der Waals surface area contributed by atoms with Crippen LogP contribution in [0.3, 0.4) is 0 Å². The van der Waals surface area contributed by atoms with Gasteiger partial charge >= 0.3 is 0 Å². The maximum atomic E-state index is 12.4. The molecule has 128 valence electrons. The molecule has 3 rings (SSSR count). The molecule has 0 radical (unpaired) electrons. The number of hydrogen-bond acceptors (Lipinski definition) is 4. The van der Waals surface area contributed by atoms with Gasteiger partial charge in [-0.1, -0.05) is 41.6 Å². The summed E-state index contributed by atoms with van der Waals surface area (Å²) < 4.78 is 1.46. The molecule has 1 heterocycles. The lowest BCUT2D eigenvalue weighted by atomic mass is 10.2. The van der Waals surface area contributed by atoms with Crippen molar-refractivity contribution in [2.24, 2.45) is 7.05 Å². The first-order valence-corrected chi connectivity index (χ1v) is 8.97. The number of fused-ring (bicyclic) bond motifs is 1. The molecule has 0 unspecified atom stereocenters. The Labute approximate surface area is 154 Å². The number of hydrogen-bond donors (Lipinski definition) is 1. The van der Waals surface area contributed by atoms with Crippen molar-refractivity contribution in [1.29, 1.82) is 0 Å². The van der Waals surface area contributed by atoms with Crippen molar-refractivity contribution < 1.29 is 4.79 Å². The average Bonchev–Trinajstić information content (AvgIpc) is 2.61. The summed E-state index contributed by atoms with van der Waals surface area (Å²) in [6.07, 6.45) is 0. The lowest BCUT2D eigenvalue weighted by Crippen LogP contribution is -2.21. The number of carbonyl (C=O) groups excluding carboxylic acids is 1. The lowest BCUT2D eigenvalue weighted by Gasteiger charge is -2.11. The second kappa shape index (κ2) is 7.29. The van der Waals surface area contributed by atoms with Gasteiger partial charge in [0.05, 0.1) is 16.7 Å². The minimum absolute atomic E-state index is 0.126. The Morgan fingerprint density at radius 2 is 2.00 bits per heavy atom. The zero-order valence-electron chi connectivity index (χ0n) is 13.7. The zero-order chi connectivity index (χ0) is 18.0. The average molecular weight is 374 g/mol. The fraction of sp³-hybridized carbons (Fsp3) is 0.167. The van der Waals surface area contributed by atoms with Gasteiger partial charge in [0.1, 0.15) is 0 Å². The highest BCUT2D eigenvalue weighted by molar-refractivity contribution is 7.99. The Kier molecular flexibility index (Phi) is 5.11. The van der Waals surface area contributed by atoms with Gasteiger partial charge in [0.15, 0.2) is 5.16 Å². The van der Waals surface area contributed by atoms with E-state index in [4.69, 9.17) is 11.6 Å². The summed E-state index contributed by atoms with van der Waals surface area (Å²) in [6, 6.07) is 12.5. The number of halogens is 1. The Balaban J connectivity index is 1.76. The molecule has 1 aromatic heterocycles. The highest BCUT2D eigenvalue weighted by atomic mass is 35.5. The standard InChI is InChI=1S/C18H16ClN3O2S/c1-11-13(19)7-5-9-14(11)20-16(23)10-25-18-21-15-8-4-3-6-12(15)17(24)22(18)2/h3-9H,10H2,1-2H3,(H,20,23). The van der Waals surface area contributed by atoms with E-state index in [9.17, 15) is 9.59 Å². The van der Waals surface area contributed by atoms with Gasteiger partial charge in [0.25, 0.3) is 5.56 Å². The van der Waals surface area contributed by atoms with Gasteiger partial charge in [0.2, 0.25) is 5.91 Å². The highest BCUT2D eigenvalue weighted by Crippen LogP contribution is 2.23. The summed E-state index contributed by atoms with van der Waals surface area (Å²) in [6.45, 7) is 1.85. The van der Waals surface area contributed by atoms with Gasteiger partial charge in [-0.2, -0.15) is 0 Å². The topological polar surface area (TPSA) is 64.0 Å². The molecular formula is C18H16ClN3O2S. The Hall–Kier alpha value is -2.31. The normalized spacial score (nSPS) is 10.8. The second-order valence-corrected chi connectivity index (χ2v) is 6.87. The van der Waals surface area contributed by atoms with E-state index in [2.05, 4.69) is 10.3 Å². The summed E-state index contributed by atoms with van der Waals surface area (Å²) in [5, 5.41) is 4.50. The molecule has 1 amide bonds. The molecule has 0 bridgehead atoms. The second-order valence-electron chi connectivity index (χ2n) is 5.52. The van der Waals surface area contributed by atoms with Crippen molar-refractivity contribution in [2.75, 3.05) is 11.1 Å². The smallest absolute Gasteiger partial charge is 0.261 e. The van der Waals surface area contributed by atoms with Crippen molar-refractivity contribution in [3.05, 3.63) is 63.4 Å². The predicted molar refractivity (Wildman–Crippen MR) is 103 cm³/mol. The van der Waals surface area contributed by atoms with E-state index < -0.39 is 0 Å². The van der Waals surface area contributed by atoms with Crippen LogP contribution in [0.25, 0.3) is 10.9 Å². The van der Waals surface area contributed by atoms with E-state index in [1.54, 1.807) is 43.4 Å². The molecule has 2 aromatic carbocycles. The van der Waals surface area contributed by atoms with E-state index in [-0.39, 0.29) is 17.2 Å². The maximum absolute atomic E-state index is 12.4. The largest absolute Gasteiger partial charge is 0.325 e. The van der Waals surface area contributed by atoms with Crippen molar-refractivity contribution in [3.63, 3.8) is 0 Å². The molecule has 0 aliphatic carbocycles. The molecule has 0 saturated heterocycles. The van der Waals surface area contributed by atoms with Crippen LogP contribution in [0.5, 0.6) is 0 Å². The molecule has 0 aliphatic heterocycles. The highest BCUT2D eigenvalue weighted by Gasteiger charge is 2.12. The fourth-order valence-corrected chi connectivity index (χ4v) is 3.33. The van der Waals surface area contributed by atoms with E-state index in [0.717, 1.165) is 5.56 Å². The molecule has 0 fully saturated rings. The summed E-state index contributed by atoms with van der Waals surface area (Å²) in [5.74, 6) is -0.0392. The summed E-state index contributed by atoms with van der Waals surface area (Å²) in [7, 11) is 1.66. The lowest BCUT2D eigenvalue weighted by molar-refractivity contribution is -0.113. The van der Waals surface area contributed by atoms with Crippen molar-refractivity contribution >= 4 is 45.9 Å². The third-order valence-electron chi connectivity index (χ3n) is 3.82. The van der Waals surface area contributed by atoms with Crippen LogP contribution in [-0.2, 0) is 11.8 Å². The first-order chi connectivity index (χ1) is 12.0. The number of aromatic nitrogens is 2. The predicted octanol–water partition coefficient (Wildman–Crippen LogP) is 3.63. The number of thioether (sulfide) groups is 1. The monoisotopic (exact) mass is 373 g/mol. The van der Waals surface area contributed by atoms with E-state index >= 15 is 0 Å². The Bertz CT molecular complexity index is 1020. The van der Waals surface area contributed by atoms with Crippen LogP contribution in [-0.4, -0.2) is 21.2 Å². The number of nitrogens with one attached hydrogen (secondary N) is 1. The van der Waals surface area contributed by atoms with Crippen molar-refractivity contribution in [1.82, 2.24) is 9.55 Å². The molecule has 3 aromatic rings. The molecule has 25 heavy (non-hydrogen) atoms. The molecule has 0 saturated carbocycles. The first kappa shape index (κ1) is 17.5. The van der Waals surface area contributed by atoms with Crippen LogP contribution in [0, 0.1) is 6.92 Å². The number of nitrogens with zero attached hydrogens (tertiary/aromatic N) is 2. The number of amides is 1.